The van der Waals surface area contributed by atoms with Crippen molar-refractivity contribution in [3.8, 4) is 11.4 Å². The standard InChI is InChI=1S/C15H15BrN2O4/c1-3-7-20-10(2)15(19)21-9-13-17-14(18-22-13)11-5-4-6-12(16)8-11/h3-6,8,10H,1,7,9H2,2H3. The molecule has 0 radical (unpaired) electrons. The summed E-state index contributed by atoms with van der Waals surface area (Å²) in [4.78, 5) is 15.8. The molecule has 0 aliphatic rings. The minimum Gasteiger partial charge on any atom is -0.454 e. The number of carbonyl (C=O) groups is 1. The highest BCUT2D eigenvalue weighted by molar-refractivity contribution is 9.10. The second-order valence-electron chi connectivity index (χ2n) is 4.39. The van der Waals surface area contributed by atoms with Gasteiger partial charge in [-0.3, -0.25) is 0 Å². The van der Waals surface area contributed by atoms with E-state index in [4.69, 9.17) is 14.0 Å². The fourth-order valence-electron chi connectivity index (χ4n) is 1.59. The first kappa shape index (κ1) is 16.4. The average Bonchev–Trinajstić information content (AvgIpc) is 2.99. The van der Waals surface area contributed by atoms with Gasteiger partial charge in [0.1, 0.15) is 0 Å². The van der Waals surface area contributed by atoms with Gasteiger partial charge in [-0.2, -0.15) is 4.98 Å². The molecule has 1 unspecified atom stereocenters. The van der Waals surface area contributed by atoms with Gasteiger partial charge in [-0.05, 0) is 19.1 Å². The Kier molecular flexibility index (Phi) is 5.85. The molecule has 1 heterocycles. The Morgan fingerprint density at radius 2 is 2.36 bits per heavy atom. The zero-order valence-corrected chi connectivity index (χ0v) is 13.6. The van der Waals surface area contributed by atoms with Crippen molar-refractivity contribution in [1.29, 1.82) is 0 Å². The third-order valence-electron chi connectivity index (χ3n) is 2.68. The van der Waals surface area contributed by atoms with Crippen LogP contribution in [0.3, 0.4) is 0 Å². The first-order valence-corrected chi connectivity index (χ1v) is 7.37. The van der Waals surface area contributed by atoms with Gasteiger partial charge in [0.25, 0.3) is 5.89 Å². The van der Waals surface area contributed by atoms with E-state index in [1.165, 1.54) is 0 Å². The molecule has 6 nitrogen and oxygen atoms in total. The second-order valence-corrected chi connectivity index (χ2v) is 5.31. The molecule has 1 aromatic carbocycles. The van der Waals surface area contributed by atoms with Gasteiger partial charge >= 0.3 is 5.97 Å². The topological polar surface area (TPSA) is 74.5 Å². The molecule has 2 aromatic rings. The predicted molar refractivity (Wildman–Crippen MR) is 82.8 cm³/mol. The lowest BCUT2D eigenvalue weighted by Gasteiger charge is -2.09. The highest BCUT2D eigenvalue weighted by Gasteiger charge is 2.16. The molecular weight excluding hydrogens is 352 g/mol. The zero-order valence-electron chi connectivity index (χ0n) is 12.0. The number of hydrogen-bond donors (Lipinski definition) is 0. The van der Waals surface area contributed by atoms with E-state index in [2.05, 4.69) is 32.6 Å². The molecule has 0 amide bonds. The van der Waals surface area contributed by atoms with E-state index in [-0.39, 0.29) is 19.1 Å². The van der Waals surface area contributed by atoms with Crippen molar-refractivity contribution in [1.82, 2.24) is 10.1 Å². The van der Waals surface area contributed by atoms with Crippen LogP contribution >= 0.6 is 15.9 Å². The maximum absolute atomic E-state index is 11.7. The van der Waals surface area contributed by atoms with Crippen LogP contribution in [-0.4, -0.2) is 28.8 Å². The van der Waals surface area contributed by atoms with Gasteiger partial charge in [0.15, 0.2) is 12.7 Å². The number of benzene rings is 1. The number of carbonyl (C=O) groups excluding carboxylic acids is 1. The molecule has 7 heteroatoms. The lowest BCUT2D eigenvalue weighted by molar-refractivity contribution is -0.157. The van der Waals surface area contributed by atoms with Crippen molar-refractivity contribution in [2.75, 3.05) is 6.61 Å². The van der Waals surface area contributed by atoms with Gasteiger partial charge in [-0.25, -0.2) is 4.79 Å². The van der Waals surface area contributed by atoms with E-state index in [1.807, 2.05) is 24.3 Å². The third-order valence-corrected chi connectivity index (χ3v) is 3.18. The number of esters is 1. The van der Waals surface area contributed by atoms with Crippen molar-refractivity contribution in [3.63, 3.8) is 0 Å². The molecule has 2 rings (SSSR count). The van der Waals surface area contributed by atoms with Gasteiger partial charge < -0.3 is 14.0 Å². The highest BCUT2D eigenvalue weighted by atomic mass is 79.9. The normalized spacial score (nSPS) is 11.9. The lowest BCUT2D eigenvalue weighted by Crippen LogP contribution is -2.23. The molecule has 1 atom stereocenters. The molecule has 0 aliphatic heterocycles. The van der Waals surface area contributed by atoms with Crippen LogP contribution in [0.2, 0.25) is 0 Å². The van der Waals surface area contributed by atoms with Crippen LogP contribution in [-0.2, 0) is 20.9 Å². The molecule has 22 heavy (non-hydrogen) atoms. The number of aromatic nitrogens is 2. The first-order chi connectivity index (χ1) is 10.6. The summed E-state index contributed by atoms with van der Waals surface area (Å²) in [6.07, 6.45) is 0.886. The van der Waals surface area contributed by atoms with Crippen molar-refractivity contribution >= 4 is 21.9 Å². The minimum absolute atomic E-state index is 0.0956. The van der Waals surface area contributed by atoms with Crippen molar-refractivity contribution in [3.05, 3.63) is 47.3 Å². The molecule has 0 saturated heterocycles. The van der Waals surface area contributed by atoms with Crippen LogP contribution in [0.25, 0.3) is 11.4 Å². The number of halogens is 1. The quantitative estimate of drug-likeness (QED) is 0.553. The predicted octanol–water partition coefficient (Wildman–Crippen LogP) is 3.13. The van der Waals surface area contributed by atoms with Crippen LogP contribution in [0.5, 0.6) is 0 Å². The largest absolute Gasteiger partial charge is 0.454 e. The summed E-state index contributed by atoms with van der Waals surface area (Å²) in [6.45, 7) is 5.30. The van der Waals surface area contributed by atoms with Gasteiger partial charge in [0, 0.05) is 10.0 Å². The monoisotopic (exact) mass is 366 g/mol. The minimum atomic E-state index is -0.675. The summed E-state index contributed by atoms with van der Waals surface area (Å²) >= 11 is 3.38. The fraction of sp³-hybridized carbons (Fsp3) is 0.267. The van der Waals surface area contributed by atoms with Crippen LogP contribution in [0.15, 0.2) is 45.9 Å². The van der Waals surface area contributed by atoms with Crippen LogP contribution in [0, 0.1) is 0 Å². The molecule has 0 spiro atoms. The Labute approximate surface area is 136 Å². The number of nitrogens with zero attached hydrogens (tertiary/aromatic N) is 2. The maximum atomic E-state index is 11.7. The highest BCUT2D eigenvalue weighted by Crippen LogP contribution is 2.20. The summed E-state index contributed by atoms with van der Waals surface area (Å²) in [5.74, 6) is 0.159. The summed E-state index contributed by atoms with van der Waals surface area (Å²) in [5, 5.41) is 3.86. The maximum Gasteiger partial charge on any atom is 0.335 e. The summed E-state index contributed by atoms with van der Waals surface area (Å²) in [7, 11) is 0. The fourth-order valence-corrected chi connectivity index (χ4v) is 1.99. The van der Waals surface area contributed by atoms with Gasteiger partial charge in [0.2, 0.25) is 5.82 Å². The summed E-state index contributed by atoms with van der Waals surface area (Å²) in [6, 6.07) is 7.49. The van der Waals surface area contributed by atoms with E-state index in [0.29, 0.717) is 5.82 Å². The van der Waals surface area contributed by atoms with Crippen LogP contribution in [0.4, 0.5) is 0 Å². The summed E-state index contributed by atoms with van der Waals surface area (Å²) in [5.41, 5.74) is 0.804. The van der Waals surface area contributed by atoms with Crippen molar-refractivity contribution in [2.24, 2.45) is 0 Å². The second kappa shape index (κ2) is 7.86. The SMILES string of the molecule is C=CCOC(C)C(=O)OCc1nc(-c2cccc(Br)c2)no1. The van der Waals surface area contributed by atoms with E-state index in [0.717, 1.165) is 10.0 Å². The third kappa shape index (κ3) is 4.51. The smallest absolute Gasteiger partial charge is 0.335 e. The lowest BCUT2D eigenvalue weighted by atomic mass is 10.2. The zero-order chi connectivity index (χ0) is 15.9. The molecular formula is C15H15BrN2O4. The molecule has 0 aliphatic carbocycles. The van der Waals surface area contributed by atoms with Crippen LogP contribution < -0.4 is 0 Å². The van der Waals surface area contributed by atoms with E-state index in [9.17, 15) is 4.79 Å². The van der Waals surface area contributed by atoms with Crippen molar-refractivity contribution < 1.29 is 18.8 Å². The molecule has 0 bridgehead atoms. The Morgan fingerprint density at radius 3 is 3.09 bits per heavy atom. The van der Waals surface area contributed by atoms with E-state index in [1.54, 1.807) is 13.0 Å². The number of hydrogen-bond acceptors (Lipinski definition) is 6. The number of rotatable bonds is 7. The molecule has 0 N–H and O–H groups in total. The molecule has 0 saturated carbocycles. The Hall–Kier alpha value is -1.99. The Balaban J connectivity index is 1.92. The average molecular weight is 367 g/mol. The van der Waals surface area contributed by atoms with Gasteiger partial charge in [-0.15, -0.1) is 6.58 Å². The van der Waals surface area contributed by atoms with E-state index < -0.39 is 12.1 Å². The molecule has 0 fully saturated rings. The molecule has 116 valence electrons. The Morgan fingerprint density at radius 1 is 1.55 bits per heavy atom. The van der Waals surface area contributed by atoms with E-state index >= 15 is 0 Å². The van der Waals surface area contributed by atoms with Gasteiger partial charge in [-0.1, -0.05) is 39.3 Å². The van der Waals surface area contributed by atoms with Gasteiger partial charge in [0.05, 0.1) is 6.61 Å². The van der Waals surface area contributed by atoms with Crippen molar-refractivity contribution in [2.45, 2.75) is 19.6 Å². The summed E-state index contributed by atoms with van der Waals surface area (Å²) < 4.78 is 16.2. The Bertz CT molecular complexity index is 656. The molecule has 1 aromatic heterocycles. The van der Waals surface area contributed by atoms with Crippen LogP contribution in [0.1, 0.15) is 12.8 Å². The first-order valence-electron chi connectivity index (χ1n) is 6.58. The number of ether oxygens (including phenoxy) is 2.